The predicted octanol–water partition coefficient (Wildman–Crippen LogP) is 2.91. The summed E-state index contributed by atoms with van der Waals surface area (Å²) in [5.41, 5.74) is 0. The molecule has 5 heteroatoms. The average molecular weight is 324 g/mol. The second-order valence-corrected chi connectivity index (χ2v) is 6.27. The van der Waals surface area contributed by atoms with Gasteiger partial charge >= 0.3 is 5.97 Å². The Bertz CT molecular complexity index is 374. The van der Waals surface area contributed by atoms with Crippen LogP contribution in [0.25, 0.3) is 0 Å². The van der Waals surface area contributed by atoms with Gasteiger partial charge in [0.2, 0.25) is 5.91 Å². The summed E-state index contributed by atoms with van der Waals surface area (Å²) in [6.45, 7) is 6.19. The lowest BCUT2D eigenvalue weighted by molar-refractivity contribution is -0.137. The van der Waals surface area contributed by atoms with Gasteiger partial charge in [-0.25, -0.2) is 0 Å². The Kier molecular flexibility index (Phi) is 10.4. The highest BCUT2D eigenvalue weighted by Gasteiger charge is 2.19. The molecule has 23 heavy (non-hydrogen) atoms. The zero-order chi connectivity index (χ0) is 16.9. The van der Waals surface area contributed by atoms with Crippen molar-refractivity contribution < 1.29 is 14.7 Å². The van der Waals surface area contributed by atoms with Crippen molar-refractivity contribution in [1.29, 1.82) is 0 Å². The molecule has 0 aliphatic carbocycles. The number of hydrogen-bond donors (Lipinski definition) is 1. The molecular formula is C18H32N2O3. The molecule has 0 aromatic heterocycles. The molecule has 0 spiro atoms. The van der Waals surface area contributed by atoms with E-state index in [9.17, 15) is 9.59 Å². The fourth-order valence-corrected chi connectivity index (χ4v) is 2.80. The zero-order valence-corrected chi connectivity index (χ0v) is 14.5. The van der Waals surface area contributed by atoms with E-state index in [2.05, 4.69) is 11.8 Å². The van der Waals surface area contributed by atoms with Crippen molar-refractivity contribution in [2.45, 2.75) is 58.3 Å². The molecule has 1 saturated heterocycles. The van der Waals surface area contributed by atoms with Crippen LogP contribution >= 0.6 is 0 Å². The quantitative estimate of drug-likeness (QED) is 0.469. The van der Waals surface area contributed by atoms with Gasteiger partial charge in [0, 0.05) is 32.6 Å². The minimum atomic E-state index is -0.737. The number of unbranched alkanes of at least 4 members (excludes halogenated alkanes) is 5. The van der Waals surface area contributed by atoms with Gasteiger partial charge < -0.3 is 10.0 Å². The van der Waals surface area contributed by atoms with E-state index in [4.69, 9.17) is 5.11 Å². The van der Waals surface area contributed by atoms with E-state index < -0.39 is 5.97 Å². The summed E-state index contributed by atoms with van der Waals surface area (Å²) >= 11 is 0. The fraction of sp³-hybridized carbons (Fsp3) is 0.778. The molecule has 1 N–H and O–H groups in total. The molecule has 0 atom stereocenters. The van der Waals surface area contributed by atoms with Crippen LogP contribution in [-0.4, -0.2) is 59.5 Å². The normalized spacial score (nSPS) is 16.1. The van der Waals surface area contributed by atoms with Gasteiger partial charge in [0.1, 0.15) is 0 Å². The van der Waals surface area contributed by atoms with Gasteiger partial charge in [-0.05, 0) is 31.9 Å². The van der Waals surface area contributed by atoms with Gasteiger partial charge in [-0.15, -0.1) is 0 Å². The number of hydrogen-bond acceptors (Lipinski definition) is 3. The SMILES string of the molecule is CCCCCCC/C=C/C(=O)N1CCN(CCCC(=O)O)CC1. The third kappa shape index (κ3) is 9.39. The molecule has 1 fully saturated rings. The molecule has 0 unspecified atom stereocenters. The fourth-order valence-electron chi connectivity index (χ4n) is 2.80. The van der Waals surface area contributed by atoms with Crippen LogP contribution in [0.4, 0.5) is 0 Å². The van der Waals surface area contributed by atoms with E-state index in [1.54, 1.807) is 6.08 Å². The number of carboxylic acid groups (broad SMARTS) is 1. The summed E-state index contributed by atoms with van der Waals surface area (Å²) in [6, 6.07) is 0. The number of carbonyl (C=O) groups excluding carboxylic acids is 1. The van der Waals surface area contributed by atoms with Crippen molar-refractivity contribution in [2.24, 2.45) is 0 Å². The van der Waals surface area contributed by atoms with Crippen molar-refractivity contribution in [1.82, 2.24) is 9.80 Å². The van der Waals surface area contributed by atoms with Crippen LogP contribution in [0.5, 0.6) is 0 Å². The molecular weight excluding hydrogens is 292 g/mol. The van der Waals surface area contributed by atoms with Crippen molar-refractivity contribution in [3.8, 4) is 0 Å². The van der Waals surface area contributed by atoms with E-state index in [0.29, 0.717) is 6.42 Å². The number of rotatable bonds is 11. The van der Waals surface area contributed by atoms with Crippen LogP contribution in [0.2, 0.25) is 0 Å². The van der Waals surface area contributed by atoms with Crippen molar-refractivity contribution in [2.75, 3.05) is 32.7 Å². The lowest BCUT2D eigenvalue weighted by Gasteiger charge is -2.34. The van der Waals surface area contributed by atoms with Gasteiger partial charge in [0.05, 0.1) is 0 Å². The van der Waals surface area contributed by atoms with Crippen LogP contribution in [0.3, 0.4) is 0 Å². The summed E-state index contributed by atoms with van der Waals surface area (Å²) < 4.78 is 0. The maximum Gasteiger partial charge on any atom is 0.303 e. The van der Waals surface area contributed by atoms with E-state index in [1.807, 2.05) is 11.0 Å². The van der Waals surface area contributed by atoms with Crippen molar-refractivity contribution in [3.05, 3.63) is 12.2 Å². The Morgan fingerprint density at radius 3 is 2.35 bits per heavy atom. The Labute approximate surface area is 140 Å². The molecule has 0 aromatic rings. The van der Waals surface area contributed by atoms with Crippen molar-refractivity contribution >= 4 is 11.9 Å². The lowest BCUT2D eigenvalue weighted by atomic mass is 10.1. The first-order valence-corrected chi connectivity index (χ1v) is 9.03. The molecule has 0 saturated carbocycles. The minimum Gasteiger partial charge on any atom is -0.481 e. The maximum absolute atomic E-state index is 12.1. The largest absolute Gasteiger partial charge is 0.481 e. The van der Waals surface area contributed by atoms with E-state index >= 15 is 0 Å². The third-order valence-corrected chi connectivity index (χ3v) is 4.28. The highest BCUT2D eigenvalue weighted by molar-refractivity contribution is 5.87. The summed E-state index contributed by atoms with van der Waals surface area (Å²) in [4.78, 5) is 26.7. The van der Waals surface area contributed by atoms with Crippen LogP contribution < -0.4 is 0 Å². The summed E-state index contributed by atoms with van der Waals surface area (Å²) in [5, 5.41) is 8.64. The average Bonchev–Trinajstić information content (AvgIpc) is 2.54. The second kappa shape index (κ2) is 12.1. The number of allylic oxidation sites excluding steroid dienone is 1. The molecule has 1 aliphatic heterocycles. The smallest absolute Gasteiger partial charge is 0.303 e. The van der Waals surface area contributed by atoms with Crippen LogP contribution in [0.15, 0.2) is 12.2 Å². The molecule has 1 aliphatic rings. The summed E-state index contributed by atoms with van der Waals surface area (Å²) in [5.74, 6) is -0.623. The van der Waals surface area contributed by atoms with Gasteiger partial charge in [0.25, 0.3) is 0 Å². The molecule has 0 bridgehead atoms. The van der Waals surface area contributed by atoms with Gasteiger partial charge in [-0.1, -0.05) is 38.7 Å². The van der Waals surface area contributed by atoms with Crippen molar-refractivity contribution in [3.63, 3.8) is 0 Å². The second-order valence-electron chi connectivity index (χ2n) is 6.27. The number of carboxylic acids is 1. The Morgan fingerprint density at radius 1 is 1.00 bits per heavy atom. The minimum absolute atomic E-state index is 0.115. The van der Waals surface area contributed by atoms with Gasteiger partial charge in [-0.3, -0.25) is 14.5 Å². The number of piperazine rings is 1. The molecule has 1 heterocycles. The molecule has 5 nitrogen and oxygen atoms in total. The summed E-state index contributed by atoms with van der Waals surface area (Å²) in [6.07, 6.45) is 11.9. The predicted molar refractivity (Wildman–Crippen MR) is 92.4 cm³/mol. The number of amides is 1. The topological polar surface area (TPSA) is 60.9 Å². The van der Waals surface area contributed by atoms with E-state index in [-0.39, 0.29) is 12.3 Å². The van der Waals surface area contributed by atoms with Gasteiger partial charge in [-0.2, -0.15) is 0 Å². The molecule has 1 amide bonds. The first-order valence-electron chi connectivity index (χ1n) is 9.03. The Balaban J connectivity index is 2.11. The first-order chi connectivity index (χ1) is 11.1. The highest BCUT2D eigenvalue weighted by atomic mass is 16.4. The van der Waals surface area contributed by atoms with Crippen LogP contribution in [-0.2, 0) is 9.59 Å². The first kappa shape index (κ1) is 19.7. The van der Waals surface area contributed by atoms with Gasteiger partial charge in [0.15, 0.2) is 0 Å². The van der Waals surface area contributed by atoms with E-state index in [1.165, 1.54) is 32.1 Å². The lowest BCUT2D eigenvalue weighted by Crippen LogP contribution is -2.48. The van der Waals surface area contributed by atoms with Crippen LogP contribution in [0, 0.1) is 0 Å². The zero-order valence-electron chi connectivity index (χ0n) is 14.5. The number of aliphatic carboxylic acids is 1. The molecule has 132 valence electrons. The van der Waals surface area contributed by atoms with E-state index in [0.717, 1.165) is 39.1 Å². The molecule has 0 radical (unpaired) electrons. The number of nitrogens with zero attached hydrogens (tertiary/aromatic N) is 2. The molecule has 0 aromatic carbocycles. The van der Waals surface area contributed by atoms with Crippen LogP contribution in [0.1, 0.15) is 58.3 Å². The monoisotopic (exact) mass is 324 g/mol. The number of carbonyl (C=O) groups is 2. The Hall–Kier alpha value is -1.36. The Morgan fingerprint density at radius 2 is 1.70 bits per heavy atom. The maximum atomic E-state index is 12.1. The highest BCUT2D eigenvalue weighted by Crippen LogP contribution is 2.07. The molecule has 1 rings (SSSR count). The summed E-state index contributed by atoms with van der Waals surface area (Å²) in [7, 11) is 0. The third-order valence-electron chi connectivity index (χ3n) is 4.28. The standard InChI is InChI=1S/C18H32N2O3/c1-2-3-4-5-6-7-8-10-17(21)20-15-13-19(14-16-20)12-9-11-18(22)23/h8,10H,2-7,9,11-16H2,1H3,(H,22,23)/b10-8+.